The zero-order chi connectivity index (χ0) is 15.4. The van der Waals surface area contributed by atoms with E-state index in [4.69, 9.17) is 34.3 Å². The monoisotopic (exact) mass is 320 g/mol. The standard InChI is InChI=1S/C15H13ClN2O2S/c1-20-13-7-6-11(16)8-12(13)18-15(19)10-4-2-9(3-5-10)14(17)21/h2-8H,1H3,(H2,17,21)(H,18,19). The molecule has 0 saturated heterocycles. The van der Waals surface area contributed by atoms with Crippen LogP contribution in [-0.4, -0.2) is 18.0 Å². The van der Waals surface area contributed by atoms with Gasteiger partial charge in [0.15, 0.2) is 0 Å². The van der Waals surface area contributed by atoms with E-state index in [1.54, 1.807) is 42.5 Å². The summed E-state index contributed by atoms with van der Waals surface area (Å²) in [6.07, 6.45) is 0. The fourth-order valence-corrected chi connectivity index (χ4v) is 2.07. The van der Waals surface area contributed by atoms with Crippen LogP contribution >= 0.6 is 23.8 Å². The van der Waals surface area contributed by atoms with Crippen molar-refractivity contribution >= 4 is 40.4 Å². The largest absolute Gasteiger partial charge is 0.495 e. The van der Waals surface area contributed by atoms with E-state index in [1.165, 1.54) is 7.11 Å². The average Bonchev–Trinajstić information content (AvgIpc) is 2.47. The molecule has 0 unspecified atom stereocenters. The molecule has 0 saturated carbocycles. The van der Waals surface area contributed by atoms with Gasteiger partial charge in [-0.25, -0.2) is 0 Å². The number of halogens is 1. The Morgan fingerprint density at radius 3 is 2.38 bits per heavy atom. The SMILES string of the molecule is COc1ccc(Cl)cc1NC(=O)c1ccc(C(N)=S)cc1. The van der Waals surface area contributed by atoms with Crippen LogP contribution in [0.3, 0.4) is 0 Å². The van der Waals surface area contributed by atoms with Crippen molar-refractivity contribution in [3.8, 4) is 5.75 Å². The molecular formula is C15H13ClN2O2S. The van der Waals surface area contributed by atoms with Crippen LogP contribution in [0.2, 0.25) is 5.02 Å². The third-order valence-electron chi connectivity index (χ3n) is 2.84. The number of anilines is 1. The molecule has 2 rings (SSSR count). The third kappa shape index (κ3) is 3.71. The molecule has 0 aliphatic carbocycles. The van der Waals surface area contributed by atoms with E-state index in [1.807, 2.05) is 0 Å². The first-order valence-electron chi connectivity index (χ1n) is 6.06. The molecule has 1 amide bonds. The van der Waals surface area contributed by atoms with Crippen molar-refractivity contribution in [1.29, 1.82) is 0 Å². The molecule has 0 aromatic heterocycles. The summed E-state index contributed by atoms with van der Waals surface area (Å²) < 4.78 is 5.18. The van der Waals surface area contributed by atoms with Crippen LogP contribution in [-0.2, 0) is 0 Å². The highest BCUT2D eigenvalue weighted by molar-refractivity contribution is 7.80. The lowest BCUT2D eigenvalue weighted by Gasteiger charge is -2.10. The highest BCUT2D eigenvalue weighted by Gasteiger charge is 2.10. The molecule has 3 N–H and O–H groups in total. The van der Waals surface area contributed by atoms with Crippen LogP contribution in [0.4, 0.5) is 5.69 Å². The minimum atomic E-state index is -0.273. The minimum Gasteiger partial charge on any atom is -0.495 e. The molecular weight excluding hydrogens is 308 g/mol. The summed E-state index contributed by atoms with van der Waals surface area (Å²) in [6, 6.07) is 11.7. The molecule has 0 bridgehead atoms. The number of nitrogens with one attached hydrogen (secondary N) is 1. The Morgan fingerprint density at radius 1 is 1.19 bits per heavy atom. The summed E-state index contributed by atoms with van der Waals surface area (Å²) in [5.41, 5.74) is 7.22. The average molecular weight is 321 g/mol. The van der Waals surface area contributed by atoms with Gasteiger partial charge in [-0.05, 0) is 30.3 Å². The molecule has 0 spiro atoms. The second-order valence-electron chi connectivity index (χ2n) is 4.24. The Morgan fingerprint density at radius 2 is 1.81 bits per heavy atom. The van der Waals surface area contributed by atoms with Gasteiger partial charge in [-0.2, -0.15) is 0 Å². The topological polar surface area (TPSA) is 64.3 Å². The van der Waals surface area contributed by atoms with Crippen molar-refractivity contribution in [2.75, 3.05) is 12.4 Å². The normalized spacial score (nSPS) is 10.0. The van der Waals surface area contributed by atoms with Gasteiger partial charge in [0.2, 0.25) is 0 Å². The number of thiocarbonyl (C=S) groups is 1. The minimum absolute atomic E-state index is 0.273. The molecule has 0 fully saturated rings. The first kappa shape index (κ1) is 15.3. The summed E-state index contributed by atoms with van der Waals surface area (Å²) in [7, 11) is 1.52. The molecule has 21 heavy (non-hydrogen) atoms. The van der Waals surface area contributed by atoms with E-state index in [0.29, 0.717) is 32.6 Å². The Hall–Kier alpha value is -2.11. The number of hydrogen-bond donors (Lipinski definition) is 2. The number of nitrogens with two attached hydrogens (primary N) is 1. The van der Waals surface area contributed by atoms with Crippen molar-refractivity contribution in [1.82, 2.24) is 0 Å². The summed E-state index contributed by atoms with van der Waals surface area (Å²) in [5, 5.41) is 3.26. The van der Waals surface area contributed by atoms with Crippen molar-refractivity contribution in [2.24, 2.45) is 5.73 Å². The van der Waals surface area contributed by atoms with Gasteiger partial charge in [-0.3, -0.25) is 4.79 Å². The summed E-state index contributed by atoms with van der Waals surface area (Å²) in [4.78, 5) is 12.5. The van der Waals surface area contributed by atoms with Crippen LogP contribution in [0.1, 0.15) is 15.9 Å². The highest BCUT2D eigenvalue weighted by atomic mass is 35.5. The van der Waals surface area contributed by atoms with Crippen molar-refractivity contribution in [3.63, 3.8) is 0 Å². The maximum Gasteiger partial charge on any atom is 0.255 e. The van der Waals surface area contributed by atoms with E-state index in [0.717, 1.165) is 0 Å². The van der Waals surface area contributed by atoms with Gasteiger partial charge >= 0.3 is 0 Å². The van der Waals surface area contributed by atoms with Gasteiger partial charge in [0, 0.05) is 16.1 Å². The first-order chi connectivity index (χ1) is 10.0. The molecule has 2 aromatic rings. The fraction of sp³-hybridized carbons (Fsp3) is 0.0667. The molecule has 0 radical (unpaired) electrons. The number of rotatable bonds is 4. The molecule has 0 aliphatic heterocycles. The number of ether oxygens (including phenoxy) is 1. The van der Waals surface area contributed by atoms with E-state index in [2.05, 4.69) is 5.32 Å². The summed E-state index contributed by atoms with van der Waals surface area (Å²) in [5.74, 6) is 0.262. The van der Waals surface area contributed by atoms with Crippen molar-refractivity contribution in [3.05, 3.63) is 58.6 Å². The maximum absolute atomic E-state index is 12.2. The summed E-state index contributed by atoms with van der Waals surface area (Å²) >= 11 is 10.8. The predicted octanol–water partition coefficient (Wildman–Crippen LogP) is 3.24. The van der Waals surface area contributed by atoms with Crippen molar-refractivity contribution in [2.45, 2.75) is 0 Å². The van der Waals surface area contributed by atoms with Crippen molar-refractivity contribution < 1.29 is 9.53 Å². The first-order valence-corrected chi connectivity index (χ1v) is 6.84. The Bertz CT molecular complexity index is 687. The quantitative estimate of drug-likeness (QED) is 0.849. The van der Waals surface area contributed by atoms with Crippen LogP contribution < -0.4 is 15.8 Å². The third-order valence-corrected chi connectivity index (χ3v) is 3.31. The maximum atomic E-state index is 12.2. The van der Waals surface area contributed by atoms with E-state index in [9.17, 15) is 4.79 Å². The molecule has 2 aromatic carbocycles. The second-order valence-corrected chi connectivity index (χ2v) is 5.12. The van der Waals surface area contributed by atoms with Gasteiger partial charge in [0.25, 0.3) is 5.91 Å². The van der Waals surface area contributed by atoms with E-state index < -0.39 is 0 Å². The predicted molar refractivity (Wildman–Crippen MR) is 88.3 cm³/mol. The van der Waals surface area contributed by atoms with Gasteiger partial charge in [-0.1, -0.05) is 36.0 Å². The van der Waals surface area contributed by atoms with Crippen LogP contribution in [0.25, 0.3) is 0 Å². The van der Waals surface area contributed by atoms with E-state index >= 15 is 0 Å². The number of amides is 1. The lowest BCUT2D eigenvalue weighted by molar-refractivity contribution is 0.102. The summed E-state index contributed by atoms with van der Waals surface area (Å²) in [6.45, 7) is 0. The van der Waals surface area contributed by atoms with Crippen LogP contribution in [0.5, 0.6) is 5.75 Å². The molecule has 0 heterocycles. The number of benzene rings is 2. The van der Waals surface area contributed by atoms with Gasteiger partial charge < -0.3 is 15.8 Å². The smallest absolute Gasteiger partial charge is 0.255 e. The number of carbonyl (C=O) groups excluding carboxylic acids is 1. The number of methoxy groups -OCH3 is 1. The fourth-order valence-electron chi connectivity index (χ4n) is 1.76. The second kappa shape index (κ2) is 6.56. The van der Waals surface area contributed by atoms with Crippen LogP contribution in [0.15, 0.2) is 42.5 Å². The lowest BCUT2D eigenvalue weighted by Crippen LogP contribution is -2.14. The lowest BCUT2D eigenvalue weighted by atomic mass is 10.1. The van der Waals surface area contributed by atoms with E-state index in [-0.39, 0.29) is 5.91 Å². The van der Waals surface area contributed by atoms with Gasteiger partial charge in [-0.15, -0.1) is 0 Å². The van der Waals surface area contributed by atoms with Crippen LogP contribution in [0, 0.1) is 0 Å². The van der Waals surface area contributed by atoms with Gasteiger partial charge in [0.1, 0.15) is 10.7 Å². The Kier molecular flexibility index (Phi) is 4.77. The number of hydrogen-bond acceptors (Lipinski definition) is 3. The molecule has 4 nitrogen and oxygen atoms in total. The molecule has 108 valence electrons. The Balaban J connectivity index is 2.21. The zero-order valence-electron chi connectivity index (χ0n) is 11.2. The Labute approximate surface area is 132 Å². The molecule has 0 aliphatic rings. The number of carbonyl (C=O) groups is 1. The molecule has 0 atom stereocenters. The molecule has 6 heteroatoms. The zero-order valence-corrected chi connectivity index (χ0v) is 12.8. The van der Waals surface area contributed by atoms with Gasteiger partial charge in [0.05, 0.1) is 12.8 Å². The highest BCUT2D eigenvalue weighted by Crippen LogP contribution is 2.28.